The van der Waals surface area contributed by atoms with E-state index in [1.165, 1.54) is 0 Å². The largest absolute Gasteiger partial charge is 0.394 e. The summed E-state index contributed by atoms with van der Waals surface area (Å²) < 4.78 is 0. The van der Waals surface area contributed by atoms with Crippen LogP contribution in [-0.4, -0.2) is 21.7 Å². The van der Waals surface area contributed by atoms with Crippen LogP contribution in [-0.2, 0) is 9.59 Å². The van der Waals surface area contributed by atoms with Crippen molar-refractivity contribution in [1.82, 2.24) is 5.32 Å². The molecule has 1 aromatic rings. The zero-order valence-corrected chi connectivity index (χ0v) is 9.65. The lowest BCUT2D eigenvalue weighted by atomic mass is 10.0. The number of nitrogens with one attached hydrogen (secondary N) is 1. The van der Waals surface area contributed by atoms with E-state index in [-0.39, 0.29) is 11.1 Å². The van der Waals surface area contributed by atoms with Crippen molar-refractivity contribution >= 4 is 28.8 Å². The van der Waals surface area contributed by atoms with Crippen molar-refractivity contribution in [2.45, 2.75) is 0 Å². The normalized spacial score (nSPS) is 14.4. The third-order valence-electron chi connectivity index (χ3n) is 2.63. The highest BCUT2D eigenvalue weighted by Crippen LogP contribution is 2.32. The van der Waals surface area contributed by atoms with Crippen LogP contribution in [0.4, 0.5) is 11.4 Å². The zero-order valence-electron chi connectivity index (χ0n) is 9.65. The summed E-state index contributed by atoms with van der Waals surface area (Å²) >= 11 is 0. The van der Waals surface area contributed by atoms with Gasteiger partial charge in [-0.25, -0.2) is 0 Å². The topological polar surface area (TPSA) is 158 Å². The zero-order chi connectivity index (χ0) is 15.0. The molecular formula is C10H6N4O6. The Bertz CT molecular complexity index is 708. The van der Waals surface area contributed by atoms with Crippen molar-refractivity contribution in [3.8, 4) is 0 Å². The van der Waals surface area contributed by atoms with Gasteiger partial charge < -0.3 is 5.73 Å². The first-order chi connectivity index (χ1) is 9.32. The molecule has 2 rings (SSSR count). The van der Waals surface area contributed by atoms with Crippen LogP contribution in [0.15, 0.2) is 23.9 Å². The van der Waals surface area contributed by atoms with E-state index in [0.29, 0.717) is 6.07 Å². The molecule has 0 saturated carbocycles. The maximum absolute atomic E-state index is 11.6. The molecule has 0 aliphatic carbocycles. The van der Waals surface area contributed by atoms with E-state index in [0.717, 1.165) is 12.1 Å². The minimum Gasteiger partial charge on any atom is -0.394 e. The monoisotopic (exact) mass is 278 g/mol. The van der Waals surface area contributed by atoms with E-state index >= 15 is 0 Å². The SMILES string of the molecule is NC1=C(c2ccc([N+](=O)[O-])cc2[N+](=O)[O-])C(=O)NC1=O. The molecule has 10 nitrogen and oxygen atoms in total. The fourth-order valence-corrected chi connectivity index (χ4v) is 1.73. The molecule has 0 saturated heterocycles. The number of nitrogens with two attached hydrogens (primary N) is 1. The van der Waals surface area contributed by atoms with Crippen molar-refractivity contribution in [3.63, 3.8) is 0 Å². The van der Waals surface area contributed by atoms with E-state index < -0.39 is 38.7 Å². The predicted molar refractivity (Wildman–Crippen MR) is 64.0 cm³/mol. The third kappa shape index (κ3) is 1.94. The molecular weight excluding hydrogens is 272 g/mol. The first-order valence-corrected chi connectivity index (χ1v) is 5.11. The van der Waals surface area contributed by atoms with Crippen LogP contribution in [0.25, 0.3) is 5.57 Å². The molecule has 1 aliphatic rings. The van der Waals surface area contributed by atoms with Gasteiger partial charge in [0.25, 0.3) is 23.2 Å². The van der Waals surface area contributed by atoms with Crippen molar-refractivity contribution in [2.75, 3.05) is 0 Å². The minimum absolute atomic E-state index is 0.249. The van der Waals surface area contributed by atoms with Crippen LogP contribution in [0.3, 0.4) is 0 Å². The molecule has 1 aliphatic heterocycles. The number of imide groups is 1. The van der Waals surface area contributed by atoms with Gasteiger partial charge in [-0.3, -0.25) is 35.1 Å². The smallest absolute Gasteiger partial charge is 0.284 e. The minimum atomic E-state index is -0.890. The van der Waals surface area contributed by atoms with Crippen LogP contribution in [0.2, 0.25) is 0 Å². The first kappa shape index (κ1) is 13.1. The molecule has 0 bridgehead atoms. The maximum atomic E-state index is 11.6. The number of rotatable bonds is 3. The van der Waals surface area contributed by atoms with Gasteiger partial charge in [-0.2, -0.15) is 0 Å². The summed E-state index contributed by atoms with van der Waals surface area (Å²) in [5.41, 5.74) is 3.13. The van der Waals surface area contributed by atoms with Gasteiger partial charge in [-0.15, -0.1) is 0 Å². The average molecular weight is 278 g/mol. The standard InChI is InChI=1S/C10H6N4O6/c11-8-7(9(15)12-10(8)16)5-2-1-4(13(17)18)3-6(5)14(19)20/h1-3H,(H3,11,12,15,16). The van der Waals surface area contributed by atoms with Crippen molar-refractivity contribution < 1.29 is 19.4 Å². The van der Waals surface area contributed by atoms with Crippen LogP contribution in [0.5, 0.6) is 0 Å². The van der Waals surface area contributed by atoms with Crippen LogP contribution < -0.4 is 11.1 Å². The number of nitro benzene ring substituents is 2. The van der Waals surface area contributed by atoms with Gasteiger partial charge in [-0.05, 0) is 6.07 Å². The Hall–Kier alpha value is -3.30. The second-order valence-electron chi connectivity index (χ2n) is 3.79. The molecule has 0 fully saturated rings. The summed E-state index contributed by atoms with van der Waals surface area (Å²) in [4.78, 5) is 42.6. The van der Waals surface area contributed by atoms with E-state index in [9.17, 15) is 29.8 Å². The number of amides is 2. The van der Waals surface area contributed by atoms with Crippen molar-refractivity contribution in [2.24, 2.45) is 5.73 Å². The lowest BCUT2D eigenvalue weighted by molar-refractivity contribution is -0.394. The Kier molecular flexibility index (Phi) is 2.90. The average Bonchev–Trinajstić information content (AvgIpc) is 2.62. The van der Waals surface area contributed by atoms with E-state index in [4.69, 9.17) is 5.73 Å². The van der Waals surface area contributed by atoms with Gasteiger partial charge in [0.1, 0.15) is 5.70 Å². The van der Waals surface area contributed by atoms with Gasteiger partial charge in [0.05, 0.1) is 27.0 Å². The third-order valence-corrected chi connectivity index (χ3v) is 2.63. The fraction of sp³-hybridized carbons (Fsp3) is 0. The van der Waals surface area contributed by atoms with E-state index in [2.05, 4.69) is 0 Å². The Morgan fingerprint density at radius 2 is 1.70 bits per heavy atom. The number of carbonyl (C=O) groups is 2. The lowest BCUT2D eigenvalue weighted by Gasteiger charge is -2.02. The summed E-state index contributed by atoms with van der Waals surface area (Å²) in [5.74, 6) is -1.75. The second kappa shape index (κ2) is 4.42. The number of nitro groups is 2. The molecule has 0 aromatic heterocycles. The summed E-state index contributed by atoms with van der Waals surface area (Å²) in [5, 5.41) is 23.4. The predicted octanol–water partition coefficient (Wildman–Crippen LogP) is -0.171. The molecule has 10 heteroatoms. The number of benzene rings is 1. The van der Waals surface area contributed by atoms with Gasteiger partial charge in [0, 0.05) is 6.07 Å². The summed E-state index contributed by atoms with van der Waals surface area (Å²) in [6, 6.07) is 2.70. The second-order valence-corrected chi connectivity index (χ2v) is 3.79. The number of carbonyl (C=O) groups excluding carboxylic acids is 2. The van der Waals surface area contributed by atoms with Crippen LogP contribution in [0, 0.1) is 20.2 Å². The van der Waals surface area contributed by atoms with Crippen LogP contribution in [0.1, 0.15) is 5.56 Å². The maximum Gasteiger partial charge on any atom is 0.284 e. The van der Waals surface area contributed by atoms with E-state index in [1.54, 1.807) is 0 Å². The highest BCUT2D eigenvalue weighted by atomic mass is 16.6. The molecule has 1 aromatic carbocycles. The molecule has 0 spiro atoms. The summed E-state index contributed by atoms with van der Waals surface area (Å²) in [7, 11) is 0. The summed E-state index contributed by atoms with van der Waals surface area (Å²) in [6.07, 6.45) is 0. The van der Waals surface area contributed by atoms with Crippen molar-refractivity contribution in [1.29, 1.82) is 0 Å². The molecule has 20 heavy (non-hydrogen) atoms. The molecule has 102 valence electrons. The number of non-ortho nitro benzene ring substituents is 1. The first-order valence-electron chi connectivity index (χ1n) is 5.11. The molecule has 1 heterocycles. The Morgan fingerprint density at radius 3 is 2.15 bits per heavy atom. The molecule has 2 amide bonds. The number of hydrogen-bond acceptors (Lipinski definition) is 7. The van der Waals surface area contributed by atoms with Gasteiger partial charge in [0.2, 0.25) is 0 Å². The Labute approximate surface area is 110 Å². The van der Waals surface area contributed by atoms with E-state index in [1.807, 2.05) is 5.32 Å². The number of nitrogens with zero attached hydrogens (tertiary/aromatic N) is 2. The van der Waals surface area contributed by atoms with Gasteiger partial charge >= 0.3 is 0 Å². The summed E-state index contributed by atoms with van der Waals surface area (Å²) in [6.45, 7) is 0. The highest BCUT2D eigenvalue weighted by Gasteiger charge is 2.34. The molecule has 0 atom stereocenters. The molecule has 3 N–H and O–H groups in total. The van der Waals surface area contributed by atoms with Gasteiger partial charge in [-0.1, -0.05) is 0 Å². The van der Waals surface area contributed by atoms with Crippen LogP contribution >= 0.6 is 0 Å². The number of hydrogen-bond donors (Lipinski definition) is 2. The van der Waals surface area contributed by atoms with Gasteiger partial charge in [0.15, 0.2) is 0 Å². The Morgan fingerprint density at radius 1 is 1.05 bits per heavy atom. The fourth-order valence-electron chi connectivity index (χ4n) is 1.73. The Balaban J connectivity index is 2.69. The highest BCUT2D eigenvalue weighted by molar-refractivity contribution is 6.36. The van der Waals surface area contributed by atoms with Crippen molar-refractivity contribution in [3.05, 3.63) is 49.7 Å². The molecule has 0 radical (unpaired) electrons. The lowest BCUT2D eigenvalue weighted by Crippen LogP contribution is -2.24. The quantitative estimate of drug-likeness (QED) is 0.441. The molecule has 0 unspecified atom stereocenters.